The van der Waals surface area contributed by atoms with Crippen LogP contribution in [0, 0.1) is 18.3 Å². The van der Waals surface area contributed by atoms with E-state index >= 15 is 0 Å². The number of carbonyl (C=O) groups excluding carboxylic acids is 1. The number of hydrogen-bond donors (Lipinski definition) is 0. The summed E-state index contributed by atoms with van der Waals surface area (Å²) in [5.41, 5.74) is 4.89. The van der Waals surface area contributed by atoms with E-state index in [1.807, 2.05) is 49.4 Å². The van der Waals surface area contributed by atoms with Gasteiger partial charge in [0.2, 0.25) is 0 Å². The molecule has 0 atom stereocenters. The highest BCUT2D eigenvalue weighted by Crippen LogP contribution is 2.25. The number of fused-ring (bicyclic) bond motifs is 1. The van der Waals surface area contributed by atoms with Gasteiger partial charge in [0.05, 0.1) is 24.1 Å². The molecule has 4 aromatic rings. The summed E-state index contributed by atoms with van der Waals surface area (Å²) in [6, 6.07) is 17.5. The lowest BCUT2D eigenvalue weighted by Gasteiger charge is -2.12. The Morgan fingerprint density at radius 1 is 1.15 bits per heavy atom. The number of aliphatic carboxylic acids is 1. The van der Waals surface area contributed by atoms with Gasteiger partial charge in [-0.25, -0.2) is 18.9 Å². The number of carbonyl (C=O) groups is 1. The molecule has 0 aliphatic rings. The largest absolute Gasteiger partial charge is 0.548 e. The second kappa shape index (κ2) is 9.09. The van der Waals surface area contributed by atoms with Crippen LogP contribution in [0.3, 0.4) is 0 Å². The molecule has 0 saturated carbocycles. The van der Waals surface area contributed by atoms with Gasteiger partial charge in [0.25, 0.3) is 0 Å². The minimum Gasteiger partial charge on any atom is -0.548 e. The molecule has 0 N–H and O–H groups in total. The summed E-state index contributed by atoms with van der Waals surface area (Å²) in [5.74, 6) is -0.912. The first-order chi connectivity index (χ1) is 15.9. The second-order valence-corrected chi connectivity index (χ2v) is 7.84. The fourth-order valence-electron chi connectivity index (χ4n) is 4.03. The molecule has 0 bridgehead atoms. The summed E-state index contributed by atoms with van der Waals surface area (Å²) in [6.07, 6.45) is 2.05. The highest BCUT2D eigenvalue weighted by atomic mass is 16.4. The van der Waals surface area contributed by atoms with Crippen LogP contribution in [0.4, 0.5) is 0 Å². The summed E-state index contributed by atoms with van der Waals surface area (Å²) in [6.45, 7) is 3.15. The van der Waals surface area contributed by atoms with Gasteiger partial charge < -0.3 is 9.90 Å². The molecule has 33 heavy (non-hydrogen) atoms. The van der Waals surface area contributed by atoms with E-state index in [0.29, 0.717) is 29.9 Å². The van der Waals surface area contributed by atoms with Gasteiger partial charge in [-0.3, -0.25) is 0 Å². The third-order valence-corrected chi connectivity index (χ3v) is 5.54. The quantitative estimate of drug-likeness (QED) is 0.434. The summed E-state index contributed by atoms with van der Waals surface area (Å²) < 4.78 is 2.26. The van der Waals surface area contributed by atoms with Gasteiger partial charge in [-0.1, -0.05) is 55.8 Å². The number of benzene rings is 2. The van der Waals surface area contributed by atoms with Gasteiger partial charge in [-0.2, -0.15) is 5.26 Å². The van der Waals surface area contributed by atoms with E-state index in [9.17, 15) is 20.0 Å². The molecule has 0 spiro atoms. The van der Waals surface area contributed by atoms with Crippen molar-refractivity contribution in [2.45, 2.75) is 39.7 Å². The molecular formula is C25H22N5O3-. The third kappa shape index (κ3) is 4.26. The number of hydrogen-bond acceptors (Lipinski definition) is 6. The standard InChI is InChI=1S/C25H23N5O3/c1-3-6-22-21(24-28-29(15-23(31)32)25(33)30(24)16(2)27-22)13-17-9-11-18(12-10-17)20-8-5-4-7-19(20)14-26/h4-5,7-12H,3,6,13,15H2,1-2H3,(H,31,32)/p-1. The van der Waals surface area contributed by atoms with Crippen LogP contribution in [-0.4, -0.2) is 25.1 Å². The fourth-order valence-corrected chi connectivity index (χ4v) is 4.03. The van der Waals surface area contributed by atoms with E-state index in [-0.39, 0.29) is 0 Å². The van der Waals surface area contributed by atoms with Gasteiger partial charge >= 0.3 is 5.69 Å². The van der Waals surface area contributed by atoms with Gasteiger partial charge in [-0.05, 0) is 36.1 Å². The van der Waals surface area contributed by atoms with E-state index in [1.54, 1.807) is 13.0 Å². The molecular weight excluding hydrogens is 418 g/mol. The number of nitriles is 1. The lowest BCUT2D eigenvalue weighted by Crippen LogP contribution is -2.33. The van der Waals surface area contributed by atoms with Crippen molar-refractivity contribution >= 4 is 11.6 Å². The second-order valence-electron chi connectivity index (χ2n) is 7.84. The fraction of sp³-hybridized carbons (Fsp3) is 0.240. The molecule has 0 saturated heterocycles. The number of aromatic nitrogens is 4. The molecule has 0 amide bonds. The predicted octanol–water partition coefficient (Wildman–Crippen LogP) is 2.03. The molecule has 8 heteroatoms. The zero-order chi connectivity index (χ0) is 23.5. The third-order valence-electron chi connectivity index (χ3n) is 5.54. The van der Waals surface area contributed by atoms with Crippen LogP contribution in [0.1, 0.15) is 41.6 Å². The normalized spacial score (nSPS) is 10.9. The van der Waals surface area contributed by atoms with E-state index in [1.165, 1.54) is 4.40 Å². The van der Waals surface area contributed by atoms with Crippen LogP contribution in [0.25, 0.3) is 16.8 Å². The molecule has 0 unspecified atom stereocenters. The molecule has 0 fully saturated rings. The van der Waals surface area contributed by atoms with Crippen molar-refractivity contribution in [3.63, 3.8) is 0 Å². The van der Waals surface area contributed by atoms with Crippen LogP contribution in [0.5, 0.6) is 0 Å². The maximum Gasteiger partial charge on any atom is 0.352 e. The number of rotatable bonds is 7. The topological polar surface area (TPSA) is 116 Å². The lowest BCUT2D eigenvalue weighted by molar-refractivity contribution is -0.306. The number of aryl methyl sites for hydroxylation is 2. The Kier molecular flexibility index (Phi) is 6.05. The predicted molar refractivity (Wildman–Crippen MR) is 120 cm³/mol. The average Bonchev–Trinajstić information content (AvgIpc) is 3.13. The van der Waals surface area contributed by atoms with Crippen LogP contribution in [0.2, 0.25) is 0 Å². The van der Waals surface area contributed by atoms with Gasteiger partial charge in [-0.15, -0.1) is 5.10 Å². The zero-order valence-corrected chi connectivity index (χ0v) is 18.4. The zero-order valence-electron chi connectivity index (χ0n) is 18.4. The first kappa shape index (κ1) is 22.0. The van der Waals surface area contributed by atoms with E-state index in [0.717, 1.165) is 39.1 Å². The van der Waals surface area contributed by atoms with Crippen LogP contribution >= 0.6 is 0 Å². The number of carboxylic acid groups (broad SMARTS) is 1. The van der Waals surface area contributed by atoms with Gasteiger partial charge in [0, 0.05) is 17.7 Å². The first-order valence-corrected chi connectivity index (χ1v) is 10.7. The Morgan fingerprint density at radius 2 is 1.88 bits per heavy atom. The molecule has 2 aromatic heterocycles. The molecule has 0 radical (unpaired) electrons. The molecule has 4 rings (SSSR count). The van der Waals surface area contributed by atoms with E-state index in [2.05, 4.69) is 16.2 Å². The van der Waals surface area contributed by atoms with Crippen molar-refractivity contribution in [2.24, 2.45) is 0 Å². The molecule has 2 aromatic carbocycles. The SMILES string of the molecule is CCCc1nc(C)n2c(=O)n(CC(=O)[O-])nc2c1Cc1ccc(-c2ccccc2C#N)cc1. The van der Waals surface area contributed by atoms with Gasteiger partial charge in [0.1, 0.15) is 5.82 Å². The maximum absolute atomic E-state index is 12.7. The minimum atomic E-state index is -1.38. The summed E-state index contributed by atoms with van der Waals surface area (Å²) in [7, 11) is 0. The Morgan fingerprint density at radius 3 is 2.55 bits per heavy atom. The molecule has 2 heterocycles. The minimum absolute atomic E-state index is 0.413. The Balaban J connectivity index is 1.78. The first-order valence-electron chi connectivity index (χ1n) is 10.7. The van der Waals surface area contributed by atoms with Crippen molar-refractivity contribution in [1.29, 1.82) is 5.26 Å². The summed E-state index contributed by atoms with van der Waals surface area (Å²) in [5, 5.41) is 24.8. The van der Waals surface area contributed by atoms with Crippen molar-refractivity contribution in [3.8, 4) is 17.2 Å². The van der Waals surface area contributed by atoms with E-state index in [4.69, 9.17) is 0 Å². The summed E-state index contributed by atoms with van der Waals surface area (Å²) in [4.78, 5) is 28.4. The Hall–Kier alpha value is -4.25. The van der Waals surface area contributed by atoms with Crippen molar-refractivity contribution in [1.82, 2.24) is 19.2 Å². The maximum atomic E-state index is 12.7. The highest BCUT2D eigenvalue weighted by molar-refractivity contribution is 5.70. The Bertz CT molecular complexity index is 1440. The monoisotopic (exact) mass is 440 g/mol. The van der Waals surface area contributed by atoms with Gasteiger partial charge in [0.15, 0.2) is 5.65 Å². The van der Waals surface area contributed by atoms with Crippen molar-refractivity contribution < 1.29 is 9.90 Å². The Labute approximate surface area is 190 Å². The highest BCUT2D eigenvalue weighted by Gasteiger charge is 2.18. The van der Waals surface area contributed by atoms with Crippen LogP contribution in [-0.2, 0) is 24.2 Å². The number of carboxylic acids is 1. The van der Waals surface area contributed by atoms with E-state index < -0.39 is 18.2 Å². The molecule has 0 aliphatic heterocycles. The van der Waals surface area contributed by atoms with Crippen LogP contribution in [0.15, 0.2) is 53.3 Å². The van der Waals surface area contributed by atoms with Crippen LogP contribution < -0.4 is 10.8 Å². The summed E-state index contributed by atoms with van der Waals surface area (Å²) >= 11 is 0. The molecule has 8 nitrogen and oxygen atoms in total. The lowest BCUT2D eigenvalue weighted by atomic mass is 9.97. The average molecular weight is 440 g/mol. The smallest absolute Gasteiger partial charge is 0.352 e. The molecule has 166 valence electrons. The number of nitrogens with zero attached hydrogens (tertiary/aromatic N) is 5. The van der Waals surface area contributed by atoms with Crippen molar-refractivity contribution in [3.05, 3.63) is 87.2 Å². The van der Waals surface area contributed by atoms with Crippen molar-refractivity contribution in [2.75, 3.05) is 0 Å². The molecule has 0 aliphatic carbocycles.